The first-order valence-corrected chi connectivity index (χ1v) is 12.3. The normalized spacial score (nSPS) is 28.7. The van der Waals surface area contributed by atoms with Gasteiger partial charge in [-0.25, -0.2) is 0 Å². The fourth-order valence-electron chi connectivity index (χ4n) is 6.43. The predicted octanol–water partition coefficient (Wildman–Crippen LogP) is 6.54. The minimum absolute atomic E-state index is 0.502. The predicted molar refractivity (Wildman–Crippen MR) is 126 cm³/mol. The lowest BCUT2D eigenvalue weighted by atomic mass is 9.54. The molecule has 4 saturated carbocycles. The summed E-state index contributed by atoms with van der Waals surface area (Å²) in [7, 11) is 0. The van der Waals surface area contributed by atoms with Crippen molar-refractivity contribution >= 4 is 11.6 Å². The van der Waals surface area contributed by atoms with Crippen LogP contribution in [0.4, 0.5) is 0 Å². The number of benzene rings is 2. The van der Waals surface area contributed by atoms with Crippen LogP contribution in [-0.2, 0) is 13.2 Å². The fraction of sp³-hybridized carbons (Fsp3) is 0.556. The fourth-order valence-corrected chi connectivity index (χ4v) is 6.65. The first-order chi connectivity index (χ1) is 15.1. The third-order valence-corrected chi connectivity index (χ3v) is 8.03. The summed E-state index contributed by atoms with van der Waals surface area (Å²) in [6.45, 7) is 6.00. The molecule has 0 atom stereocenters. The molecule has 0 amide bonds. The molecule has 4 heteroatoms. The van der Waals surface area contributed by atoms with E-state index in [1.54, 1.807) is 0 Å². The molecule has 166 valence electrons. The van der Waals surface area contributed by atoms with Crippen LogP contribution in [0.25, 0.3) is 0 Å². The maximum Gasteiger partial charge on any atom is 0.163 e. The molecule has 0 saturated heterocycles. The van der Waals surface area contributed by atoms with E-state index >= 15 is 0 Å². The first kappa shape index (κ1) is 21.2. The molecule has 0 radical (unpaired) electrons. The van der Waals surface area contributed by atoms with E-state index in [9.17, 15) is 0 Å². The van der Waals surface area contributed by atoms with Gasteiger partial charge >= 0.3 is 0 Å². The van der Waals surface area contributed by atoms with Crippen LogP contribution in [0.2, 0.25) is 5.02 Å². The van der Waals surface area contributed by atoms with Gasteiger partial charge in [0.05, 0.1) is 6.61 Å². The van der Waals surface area contributed by atoms with Gasteiger partial charge in [0.2, 0.25) is 0 Å². The van der Waals surface area contributed by atoms with Gasteiger partial charge in [-0.15, -0.1) is 0 Å². The molecule has 4 bridgehead atoms. The first-order valence-electron chi connectivity index (χ1n) is 12.0. The van der Waals surface area contributed by atoms with E-state index in [-0.39, 0.29) is 0 Å². The summed E-state index contributed by atoms with van der Waals surface area (Å²) in [4.78, 5) is 0. The Balaban J connectivity index is 1.27. The molecule has 4 aliphatic rings. The molecule has 2 aromatic carbocycles. The zero-order valence-electron chi connectivity index (χ0n) is 18.7. The summed E-state index contributed by atoms with van der Waals surface area (Å²) >= 11 is 6.70. The van der Waals surface area contributed by atoms with Gasteiger partial charge in [-0.2, -0.15) is 0 Å². The van der Waals surface area contributed by atoms with Crippen molar-refractivity contribution in [2.75, 3.05) is 6.61 Å². The van der Waals surface area contributed by atoms with Gasteiger partial charge in [0, 0.05) is 23.7 Å². The molecule has 0 spiro atoms. The van der Waals surface area contributed by atoms with Crippen LogP contribution in [-0.4, -0.2) is 12.6 Å². The molecule has 4 fully saturated rings. The summed E-state index contributed by atoms with van der Waals surface area (Å²) in [6.07, 6.45) is 7.19. The number of hydrogen-bond acceptors (Lipinski definition) is 3. The standard InChI is InChI=1S/C27H34ClNO2/c1-3-30-25-13-23(15-29-27-21-9-19-8-20(11-21)12-22(27)10-19)24(28)14-26(25)31-16-18-6-4-17(2)5-7-18/h4-7,13-14,19-22,27,29H,3,8-12,15-16H2,1-2H3. The second-order valence-corrected chi connectivity index (χ2v) is 10.3. The Morgan fingerprint density at radius 1 is 0.903 bits per heavy atom. The molecular formula is C27H34ClNO2. The van der Waals surface area contributed by atoms with E-state index in [1.807, 2.05) is 13.0 Å². The number of hydrogen-bond donors (Lipinski definition) is 1. The van der Waals surface area contributed by atoms with Crippen molar-refractivity contribution < 1.29 is 9.47 Å². The highest BCUT2D eigenvalue weighted by Crippen LogP contribution is 2.53. The van der Waals surface area contributed by atoms with Crippen molar-refractivity contribution in [2.45, 2.75) is 65.1 Å². The lowest BCUT2D eigenvalue weighted by molar-refractivity contribution is -0.0142. The zero-order valence-corrected chi connectivity index (χ0v) is 19.5. The van der Waals surface area contributed by atoms with E-state index in [1.165, 1.54) is 37.7 Å². The van der Waals surface area contributed by atoms with Crippen molar-refractivity contribution in [1.29, 1.82) is 0 Å². The lowest BCUT2D eigenvalue weighted by Gasteiger charge is -2.54. The minimum atomic E-state index is 0.502. The summed E-state index contributed by atoms with van der Waals surface area (Å²) in [5.74, 6) is 5.21. The van der Waals surface area contributed by atoms with E-state index in [2.05, 4.69) is 42.6 Å². The Labute approximate surface area is 191 Å². The number of halogens is 1. The van der Waals surface area contributed by atoms with Crippen LogP contribution in [0.15, 0.2) is 36.4 Å². The molecule has 4 aliphatic carbocycles. The smallest absolute Gasteiger partial charge is 0.163 e. The highest BCUT2D eigenvalue weighted by molar-refractivity contribution is 6.31. The molecular weight excluding hydrogens is 406 g/mol. The molecule has 0 unspecified atom stereocenters. The molecule has 2 aromatic rings. The molecule has 0 heterocycles. The maximum absolute atomic E-state index is 6.70. The van der Waals surface area contributed by atoms with Crippen molar-refractivity contribution in [2.24, 2.45) is 23.7 Å². The molecule has 1 N–H and O–H groups in total. The van der Waals surface area contributed by atoms with Gasteiger partial charge < -0.3 is 14.8 Å². The monoisotopic (exact) mass is 439 g/mol. The Morgan fingerprint density at radius 2 is 1.55 bits per heavy atom. The van der Waals surface area contributed by atoms with Gasteiger partial charge in [0.25, 0.3) is 0 Å². The van der Waals surface area contributed by atoms with E-state index in [4.69, 9.17) is 21.1 Å². The van der Waals surface area contributed by atoms with Gasteiger partial charge in [0.15, 0.2) is 11.5 Å². The second-order valence-electron chi connectivity index (χ2n) is 9.94. The highest BCUT2D eigenvalue weighted by atomic mass is 35.5. The number of rotatable bonds is 8. The average molecular weight is 440 g/mol. The van der Waals surface area contributed by atoms with Gasteiger partial charge in [0.1, 0.15) is 6.61 Å². The van der Waals surface area contributed by atoms with Gasteiger partial charge in [-0.1, -0.05) is 41.4 Å². The van der Waals surface area contributed by atoms with Crippen LogP contribution in [0.1, 0.15) is 55.7 Å². The van der Waals surface area contributed by atoms with Crippen molar-refractivity contribution in [1.82, 2.24) is 5.32 Å². The van der Waals surface area contributed by atoms with E-state index in [0.717, 1.165) is 52.1 Å². The average Bonchev–Trinajstić information content (AvgIpc) is 2.75. The third-order valence-electron chi connectivity index (χ3n) is 7.68. The molecule has 6 rings (SSSR count). The Hall–Kier alpha value is -1.71. The number of nitrogens with one attached hydrogen (secondary N) is 1. The largest absolute Gasteiger partial charge is 0.490 e. The van der Waals surface area contributed by atoms with Gasteiger partial charge in [-0.3, -0.25) is 0 Å². The van der Waals surface area contributed by atoms with Crippen molar-refractivity contribution in [3.8, 4) is 11.5 Å². The second kappa shape index (κ2) is 9.03. The summed E-state index contributed by atoms with van der Waals surface area (Å²) in [5, 5.41) is 4.64. The van der Waals surface area contributed by atoms with Crippen LogP contribution >= 0.6 is 11.6 Å². The Kier molecular flexibility index (Phi) is 6.16. The van der Waals surface area contributed by atoms with E-state index < -0.39 is 0 Å². The van der Waals surface area contributed by atoms with Crippen LogP contribution in [0, 0.1) is 30.6 Å². The molecule has 0 aliphatic heterocycles. The van der Waals surface area contributed by atoms with Crippen LogP contribution < -0.4 is 14.8 Å². The summed E-state index contributed by atoms with van der Waals surface area (Å²) < 4.78 is 12.0. The maximum atomic E-state index is 6.70. The highest BCUT2D eigenvalue weighted by Gasteiger charge is 2.47. The number of aryl methyl sites for hydroxylation is 1. The molecule has 31 heavy (non-hydrogen) atoms. The summed E-state index contributed by atoms with van der Waals surface area (Å²) in [6, 6.07) is 13.0. The molecule has 3 nitrogen and oxygen atoms in total. The minimum Gasteiger partial charge on any atom is -0.490 e. The zero-order chi connectivity index (χ0) is 21.4. The number of ether oxygens (including phenoxy) is 2. The lowest BCUT2D eigenvalue weighted by Crippen LogP contribution is -2.54. The SMILES string of the molecule is CCOc1cc(CNC2C3CC4CC(C3)CC2C4)c(Cl)cc1OCc1ccc(C)cc1. The van der Waals surface area contributed by atoms with Crippen molar-refractivity contribution in [3.05, 3.63) is 58.1 Å². The topological polar surface area (TPSA) is 30.5 Å². The third kappa shape index (κ3) is 4.59. The quantitative estimate of drug-likeness (QED) is 0.506. The van der Waals surface area contributed by atoms with Crippen LogP contribution in [0.5, 0.6) is 11.5 Å². The van der Waals surface area contributed by atoms with Crippen LogP contribution in [0.3, 0.4) is 0 Å². The Bertz CT molecular complexity index is 882. The van der Waals surface area contributed by atoms with Crippen molar-refractivity contribution in [3.63, 3.8) is 0 Å². The Morgan fingerprint density at radius 3 is 2.19 bits per heavy atom. The van der Waals surface area contributed by atoms with E-state index in [0.29, 0.717) is 25.0 Å². The molecule has 0 aromatic heterocycles. The van der Waals surface area contributed by atoms with Gasteiger partial charge in [-0.05, 0) is 86.8 Å². The summed E-state index contributed by atoms with van der Waals surface area (Å²) in [5.41, 5.74) is 3.48.